The van der Waals surface area contributed by atoms with Crippen LogP contribution in [0.4, 0.5) is 4.39 Å². The Balaban J connectivity index is 0.00000220. The topological polar surface area (TPSA) is 32.3 Å². The molecule has 0 radical (unpaired) electrons. The quantitative estimate of drug-likeness (QED) is 0.904. The number of nitrogens with zero attached hydrogens (tertiary/aromatic N) is 1. The van der Waals surface area contributed by atoms with Gasteiger partial charge in [-0.2, -0.15) is 0 Å². The van der Waals surface area contributed by atoms with Crippen LogP contribution in [0.25, 0.3) is 0 Å². The fraction of sp³-hybridized carbons (Fsp3) is 0.562. The molecule has 0 saturated carbocycles. The molecule has 21 heavy (non-hydrogen) atoms. The molecule has 1 saturated heterocycles. The van der Waals surface area contributed by atoms with Gasteiger partial charge >= 0.3 is 0 Å². The molecule has 0 aliphatic carbocycles. The Bertz CT molecular complexity index is 446. The highest BCUT2D eigenvalue weighted by Gasteiger charge is 2.24. The van der Waals surface area contributed by atoms with E-state index in [9.17, 15) is 9.18 Å². The average Bonchev–Trinajstić information content (AvgIpc) is 2.93. The van der Waals surface area contributed by atoms with E-state index >= 15 is 0 Å². The second-order valence-electron chi connectivity index (χ2n) is 5.40. The molecule has 2 atom stereocenters. The standard InChI is InChI=1S/C16H23FN2O.ClH/c1-3-19(16(20)11-15-5-4-10-18-15)12(2)13-6-8-14(17)9-7-13;/h6-9,12,15,18H,3-5,10-11H2,1-2H3;1H. The lowest BCUT2D eigenvalue weighted by Crippen LogP contribution is -2.37. The molecule has 0 spiro atoms. The van der Waals surface area contributed by atoms with Crippen LogP contribution < -0.4 is 5.32 Å². The van der Waals surface area contributed by atoms with E-state index < -0.39 is 0 Å². The first kappa shape index (κ1) is 17.9. The third kappa shape index (κ3) is 4.68. The molecule has 3 nitrogen and oxygen atoms in total. The van der Waals surface area contributed by atoms with Crippen LogP contribution in [-0.4, -0.2) is 29.9 Å². The number of benzene rings is 1. The van der Waals surface area contributed by atoms with Gasteiger partial charge in [0.05, 0.1) is 6.04 Å². The fourth-order valence-corrected chi connectivity index (χ4v) is 2.85. The maximum atomic E-state index is 13.0. The molecule has 1 aromatic rings. The normalized spacial score (nSPS) is 18.9. The summed E-state index contributed by atoms with van der Waals surface area (Å²) in [5.74, 6) is -0.0748. The summed E-state index contributed by atoms with van der Waals surface area (Å²) in [6.45, 7) is 5.67. The average molecular weight is 315 g/mol. The van der Waals surface area contributed by atoms with Gasteiger partial charge in [-0.3, -0.25) is 4.79 Å². The largest absolute Gasteiger partial charge is 0.336 e. The Morgan fingerprint density at radius 3 is 2.62 bits per heavy atom. The van der Waals surface area contributed by atoms with E-state index in [2.05, 4.69) is 5.32 Å². The number of carbonyl (C=O) groups excluding carboxylic acids is 1. The third-order valence-electron chi connectivity index (χ3n) is 4.06. The van der Waals surface area contributed by atoms with Gasteiger partial charge in [0, 0.05) is 19.0 Å². The Hall–Kier alpha value is -1.13. The summed E-state index contributed by atoms with van der Waals surface area (Å²) in [5.41, 5.74) is 0.973. The van der Waals surface area contributed by atoms with Gasteiger partial charge in [0.15, 0.2) is 0 Å². The highest BCUT2D eigenvalue weighted by molar-refractivity contribution is 5.85. The van der Waals surface area contributed by atoms with E-state index in [0.717, 1.165) is 24.9 Å². The van der Waals surface area contributed by atoms with Crippen LogP contribution in [-0.2, 0) is 4.79 Å². The number of rotatable bonds is 5. The summed E-state index contributed by atoms with van der Waals surface area (Å²) < 4.78 is 13.0. The fourth-order valence-electron chi connectivity index (χ4n) is 2.85. The monoisotopic (exact) mass is 314 g/mol. The minimum Gasteiger partial charge on any atom is -0.336 e. The first-order valence-electron chi connectivity index (χ1n) is 7.40. The summed E-state index contributed by atoms with van der Waals surface area (Å²) in [4.78, 5) is 14.3. The van der Waals surface area contributed by atoms with Crippen molar-refractivity contribution in [1.29, 1.82) is 0 Å². The third-order valence-corrected chi connectivity index (χ3v) is 4.06. The van der Waals surface area contributed by atoms with Gasteiger partial charge < -0.3 is 10.2 Å². The highest BCUT2D eigenvalue weighted by atomic mass is 35.5. The number of halogens is 2. The lowest BCUT2D eigenvalue weighted by Gasteiger charge is -2.29. The summed E-state index contributed by atoms with van der Waals surface area (Å²) in [6, 6.07) is 6.70. The molecule has 1 heterocycles. The number of carbonyl (C=O) groups is 1. The first-order valence-corrected chi connectivity index (χ1v) is 7.40. The number of nitrogens with one attached hydrogen (secondary N) is 1. The van der Waals surface area contributed by atoms with Gasteiger partial charge in [-0.1, -0.05) is 12.1 Å². The van der Waals surface area contributed by atoms with E-state index in [-0.39, 0.29) is 30.2 Å². The second-order valence-corrected chi connectivity index (χ2v) is 5.40. The summed E-state index contributed by atoms with van der Waals surface area (Å²) in [5, 5.41) is 3.36. The van der Waals surface area contributed by atoms with Gasteiger partial charge in [0.2, 0.25) is 5.91 Å². The molecule has 1 fully saturated rings. The predicted octanol–water partition coefficient (Wildman–Crippen LogP) is 3.30. The maximum Gasteiger partial charge on any atom is 0.224 e. The van der Waals surface area contributed by atoms with Crippen molar-refractivity contribution in [3.05, 3.63) is 35.6 Å². The molecule has 118 valence electrons. The molecule has 1 aromatic carbocycles. The van der Waals surface area contributed by atoms with E-state index in [0.29, 0.717) is 19.0 Å². The smallest absolute Gasteiger partial charge is 0.224 e. The van der Waals surface area contributed by atoms with Crippen molar-refractivity contribution in [1.82, 2.24) is 10.2 Å². The molecule has 2 rings (SSSR count). The summed E-state index contributed by atoms with van der Waals surface area (Å²) in [7, 11) is 0. The van der Waals surface area contributed by atoms with Gasteiger partial charge in [-0.05, 0) is 50.9 Å². The Morgan fingerprint density at radius 1 is 1.43 bits per heavy atom. The van der Waals surface area contributed by atoms with Crippen molar-refractivity contribution in [2.75, 3.05) is 13.1 Å². The van der Waals surface area contributed by atoms with Crippen LogP contribution in [0.5, 0.6) is 0 Å². The zero-order chi connectivity index (χ0) is 14.5. The molecular formula is C16H24ClFN2O. The molecule has 1 N–H and O–H groups in total. The lowest BCUT2D eigenvalue weighted by atomic mass is 10.1. The van der Waals surface area contributed by atoms with Crippen molar-refractivity contribution in [3.63, 3.8) is 0 Å². The van der Waals surface area contributed by atoms with Crippen LogP contribution in [0.1, 0.15) is 44.7 Å². The van der Waals surface area contributed by atoms with Crippen molar-refractivity contribution in [3.8, 4) is 0 Å². The second kappa shape index (κ2) is 8.35. The first-order chi connectivity index (χ1) is 9.61. The van der Waals surface area contributed by atoms with E-state index in [1.807, 2.05) is 18.7 Å². The van der Waals surface area contributed by atoms with Crippen molar-refractivity contribution in [2.24, 2.45) is 0 Å². The number of amides is 1. The van der Waals surface area contributed by atoms with Crippen molar-refractivity contribution in [2.45, 2.75) is 45.2 Å². The van der Waals surface area contributed by atoms with E-state index in [1.165, 1.54) is 12.1 Å². The number of hydrogen-bond donors (Lipinski definition) is 1. The molecule has 2 unspecified atom stereocenters. The molecule has 1 amide bonds. The van der Waals surface area contributed by atoms with Crippen LogP contribution in [0, 0.1) is 5.82 Å². The Labute approximate surface area is 132 Å². The summed E-state index contributed by atoms with van der Waals surface area (Å²) in [6.07, 6.45) is 2.78. The van der Waals surface area contributed by atoms with Crippen LogP contribution >= 0.6 is 12.4 Å². The summed E-state index contributed by atoms with van der Waals surface area (Å²) >= 11 is 0. The molecule has 1 aliphatic rings. The van der Waals surface area contributed by atoms with Crippen LogP contribution in [0.2, 0.25) is 0 Å². The minimum atomic E-state index is -0.245. The zero-order valence-corrected chi connectivity index (χ0v) is 13.5. The minimum absolute atomic E-state index is 0. The van der Waals surface area contributed by atoms with Gasteiger partial charge in [-0.25, -0.2) is 4.39 Å². The molecule has 0 bridgehead atoms. The van der Waals surface area contributed by atoms with Crippen molar-refractivity contribution >= 4 is 18.3 Å². The van der Waals surface area contributed by atoms with Gasteiger partial charge in [0.1, 0.15) is 5.82 Å². The van der Waals surface area contributed by atoms with Gasteiger partial charge in [-0.15, -0.1) is 12.4 Å². The van der Waals surface area contributed by atoms with Crippen LogP contribution in [0.15, 0.2) is 24.3 Å². The highest BCUT2D eigenvalue weighted by Crippen LogP contribution is 2.22. The number of hydrogen-bond acceptors (Lipinski definition) is 2. The maximum absolute atomic E-state index is 13.0. The Kier molecular flexibility index (Phi) is 7.12. The zero-order valence-electron chi connectivity index (χ0n) is 12.6. The van der Waals surface area contributed by atoms with E-state index in [1.54, 1.807) is 12.1 Å². The molecular weight excluding hydrogens is 291 g/mol. The molecule has 0 aromatic heterocycles. The molecule has 5 heteroatoms. The van der Waals surface area contributed by atoms with Crippen molar-refractivity contribution < 1.29 is 9.18 Å². The van der Waals surface area contributed by atoms with E-state index in [4.69, 9.17) is 0 Å². The predicted molar refractivity (Wildman–Crippen MR) is 85.1 cm³/mol. The van der Waals surface area contributed by atoms with Gasteiger partial charge in [0.25, 0.3) is 0 Å². The SMILES string of the molecule is CCN(C(=O)CC1CCCN1)C(C)c1ccc(F)cc1.Cl. The van der Waals surface area contributed by atoms with Crippen LogP contribution in [0.3, 0.4) is 0 Å². The molecule has 1 aliphatic heterocycles. The Morgan fingerprint density at radius 2 is 2.10 bits per heavy atom. The lowest BCUT2D eigenvalue weighted by molar-refractivity contribution is -0.133.